The highest BCUT2D eigenvalue weighted by Crippen LogP contribution is 2.39. The van der Waals surface area contributed by atoms with E-state index in [1.165, 1.54) is 0 Å². The first-order valence-electron chi connectivity index (χ1n) is 4.94. The van der Waals surface area contributed by atoms with Gasteiger partial charge in [-0.1, -0.05) is 6.42 Å². The van der Waals surface area contributed by atoms with E-state index < -0.39 is 10.8 Å². The van der Waals surface area contributed by atoms with Crippen LogP contribution >= 0.6 is 11.6 Å². The smallest absolute Gasteiger partial charge is 0.225 e. The second-order valence-electron chi connectivity index (χ2n) is 4.09. The quantitative estimate of drug-likeness (QED) is 0.814. The van der Waals surface area contributed by atoms with Crippen LogP contribution in [-0.2, 0) is 17.3 Å². The first-order valence-corrected chi connectivity index (χ1v) is 6.88. The molecule has 1 atom stereocenters. The van der Waals surface area contributed by atoms with Crippen molar-refractivity contribution in [1.29, 1.82) is 0 Å². The molecule has 0 N–H and O–H groups in total. The molecule has 1 saturated carbocycles. The zero-order valence-corrected chi connectivity index (χ0v) is 10.4. The van der Waals surface area contributed by atoms with Gasteiger partial charge in [-0.2, -0.15) is 0 Å². The Hall–Kier alpha value is -0.420. The van der Waals surface area contributed by atoms with E-state index in [1.807, 2.05) is 11.5 Å². The van der Waals surface area contributed by atoms with Crippen molar-refractivity contribution in [2.24, 2.45) is 0 Å². The van der Waals surface area contributed by atoms with E-state index in [2.05, 4.69) is 10.2 Å². The van der Waals surface area contributed by atoms with Crippen LogP contribution < -0.4 is 0 Å². The zero-order valence-electron chi connectivity index (χ0n) is 8.86. The third-order valence-corrected chi connectivity index (χ3v) is 5.25. The van der Waals surface area contributed by atoms with Crippen molar-refractivity contribution in [1.82, 2.24) is 14.8 Å². The molecular weight excluding hydrogens is 234 g/mol. The molecule has 2 rings (SSSR count). The van der Waals surface area contributed by atoms with Gasteiger partial charge in [0.05, 0.1) is 4.75 Å². The summed E-state index contributed by atoms with van der Waals surface area (Å²) < 4.78 is 13.5. The van der Waals surface area contributed by atoms with E-state index in [0.29, 0.717) is 11.8 Å². The standard InChI is InChI=1S/C9H14ClN3OS/c1-7-11-12-8(10)13(7)6-9(15(2)14)4-3-5-9/h3-6H2,1-2H3. The molecule has 0 aromatic carbocycles. The fourth-order valence-corrected chi connectivity index (χ4v) is 3.32. The highest BCUT2D eigenvalue weighted by molar-refractivity contribution is 7.85. The molecule has 1 aliphatic carbocycles. The summed E-state index contributed by atoms with van der Waals surface area (Å²) in [6, 6.07) is 0. The molecule has 1 fully saturated rings. The molecule has 0 aliphatic heterocycles. The van der Waals surface area contributed by atoms with Crippen LogP contribution in [0, 0.1) is 6.92 Å². The van der Waals surface area contributed by atoms with E-state index in [4.69, 9.17) is 11.6 Å². The van der Waals surface area contributed by atoms with E-state index in [1.54, 1.807) is 6.26 Å². The summed E-state index contributed by atoms with van der Waals surface area (Å²) in [7, 11) is -0.818. The number of aromatic nitrogens is 3. The maximum Gasteiger partial charge on any atom is 0.225 e. The van der Waals surface area contributed by atoms with E-state index in [9.17, 15) is 4.21 Å². The van der Waals surface area contributed by atoms with Gasteiger partial charge >= 0.3 is 0 Å². The number of nitrogens with zero attached hydrogens (tertiary/aromatic N) is 3. The lowest BCUT2D eigenvalue weighted by molar-refractivity contribution is 0.310. The van der Waals surface area contributed by atoms with Crippen LogP contribution in [-0.4, -0.2) is 30.0 Å². The topological polar surface area (TPSA) is 47.8 Å². The molecule has 0 saturated heterocycles. The van der Waals surface area contributed by atoms with Crippen molar-refractivity contribution in [2.45, 2.75) is 37.5 Å². The molecule has 1 aliphatic rings. The summed E-state index contributed by atoms with van der Waals surface area (Å²) in [6.07, 6.45) is 4.93. The van der Waals surface area contributed by atoms with Crippen LogP contribution in [0.15, 0.2) is 0 Å². The predicted molar refractivity (Wildman–Crippen MR) is 60.4 cm³/mol. The first-order chi connectivity index (χ1) is 7.05. The molecule has 1 unspecified atom stereocenters. The Bertz CT molecular complexity index is 381. The molecule has 84 valence electrons. The summed E-state index contributed by atoms with van der Waals surface area (Å²) in [4.78, 5) is 0. The minimum atomic E-state index is -0.818. The Kier molecular flexibility index (Phi) is 2.85. The SMILES string of the molecule is Cc1nnc(Cl)n1CC1(S(C)=O)CCC1. The van der Waals surface area contributed by atoms with Crippen molar-refractivity contribution in [3.05, 3.63) is 11.1 Å². The lowest BCUT2D eigenvalue weighted by Gasteiger charge is -2.40. The van der Waals surface area contributed by atoms with Gasteiger partial charge in [0, 0.05) is 23.6 Å². The minimum absolute atomic E-state index is 0.100. The van der Waals surface area contributed by atoms with Crippen molar-refractivity contribution >= 4 is 22.4 Å². The van der Waals surface area contributed by atoms with E-state index >= 15 is 0 Å². The van der Waals surface area contributed by atoms with Crippen LogP contribution in [0.2, 0.25) is 5.28 Å². The van der Waals surface area contributed by atoms with Crippen LogP contribution in [0.5, 0.6) is 0 Å². The monoisotopic (exact) mass is 247 g/mol. The van der Waals surface area contributed by atoms with Gasteiger partial charge in [0.25, 0.3) is 0 Å². The van der Waals surface area contributed by atoms with Gasteiger partial charge < -0.3 is 4.57 Å². The summed E-state index contributed by atoms with van der Waals surface area (Å²) in [6.45, 7) is 2.54. The third-order valence-electron chi connectivity index (χ3n) is 3.21. The Morgan fingerprint density at radius 1 is 1.53 bits per heavy atom. The number of hydrogen-bond donors (Lipinski definition) is 0. The molecule has 4 nitrogen and oxygen atoms in total. The fourth-order valence-electron chi connectivity index (χ4n) is 1.93. The van der Waals surface area contributed by atoms with Gasteiger partial charge in [0.2, 0.25) is 5.28 Å². The van der Waals surface area contributed by atoms with Gasteiger partial charge in [-0.25, -0.2) is 0 Å². The number of rotatable bonds is 3. The van der Waals surface area contributed by atoms with Crippen LogP contribution in [0.4, 0.5) is 0 Å². The molecule has 1 aromatic rings. The molecule has 1 heterocycles. The lowest BCUT2D eigenvalue weighted by Crippen LogP contribution is -2.45. The number of hydrogen-bond acceptors (Lipinski definition) is 3. The average Bonchev–Trinajstić information content (AvgIpc) is 2.40. The van der Waals surface area contributed by atoms with Crippen LogP contribution in [0.25, 0.3) is 0 Å². The highest BCUT2D eigenvalue weighted by Gasteiger charge is 2.41. The summed E-state index contributed by atoms with van der Waals surface area (Å²) in [5.74, 6) is 0.789. The predicted octanol–water partition coefficient (Wildman–Crippen LogP) is 1.54. The molecule has 0 bridgehead atoms. The molecule has 1 aromatic heterocycles. The second kappa shape index (κ2) is 3.87. The zero-order chi connectivity index (χ0) is 11.1. The fraction of sp³-hybridized carbons (Fsp3) is 0.778. The van der Waals surface area contributed by atoms with Crippen LogP contribution in [0.3, 0.4) is 0 Å². The molecule has 6 heteroatoms. The molecule has 15 heavy (non-hydrogen) atoms. The maximum absolute atomic E-state index is 11.7. The second-order valence-corrected chi connectivity index (χ2v) is 6.21. The number of aryl methyl sites for hydroxylation is 1. The molecule has 0 radical (unpaired) electrons. The molecule has 0 amide bonds. The Balaban J connectivity index is 2.24. The Morgan fingerprint density at radius 2 is 2.20 bits per heavy atom. The van der Waals surface area contributed by atoms with E-state index in [0.717, 1.165) is 25.1 Å². The van der Waals surface area contributed by atoms with Crippen molar-refractivity contribution in [3.63, 3.8) is 0 Å². The largest absolute Gasteiger partial charge is 0.301 e. The van der Waals surface area contributed by atoms with Gasteiger partial charge in [-0.05, 0) is 31.4 Å². The highest BCUT2D eigenvalue weighted by atomic mass is 35.5. The number of halogens is 1. The summed E-state index contributed by atoms with van der Waals surface area (Å²) in [5, 5.41) is 8.09. The Morgan fingerprint density at radius 3 is 2.53 bits per heavy atom. The van der Waals surface area contributed by atoms with Crippen molar-refractivity contribution < 1.29 is 4.21 Å². The summed E-state index contributed by atoms with van der Waals surface area (Å²) >= 11 is 5.93. The van der Waals surface area contributed by atoms with Crippen molar-refractivity contribution in [2.75, 3.05) is 6.26 Å². The molecular formula is C9H14ClN3OS. The maximum atomic E-state index is 11.7. The van der Waals surface area contributed by atoms with Crippen LogP contribution in [0.1, 0.15) is 25.1 Å². The Labute approximate surface area is 96.5 Å². The van der Waals surface area contributed by atoms with Crippen molar-refractivity contribution in [3.8, 4) is 0 Å². The van der Waals surface area contributed by atoms with Gasteiger partial charge in [-0.3, -0.25) is 4.21 Å². The van der Waals surface area contributed by atoms with Gasteiger partial charge in [0.15, 0.2) is 0 Å². The third kappa shape index (κ3) is 1.83. The minimum Gasteiger partial charge on any atom is -0.301 e. The average molecular weight is 248 g/mol. The lowest BCUT2D eigenvalue weighted by atomic mass is 9.84. The van der Waals surface area contributed by atoms with Gasteiger partial charge in [0.1, 0.15) is 5.82 Å². The normalized spacial score (nSPS) is 21.0. The van der Waals surface area contributed by atoms with Gasteiger partial charge in [-0.15, -0.1) is 10.2 Å². The molecule has 0 spiro atoms. The first kappa shape index (κ1) is 11.1. The summed E-state index contributed by atoms with van der Waals surface area (Å²) in [5.41, 5.74) is 0. The van der Waals surface area contributed by atoms with E-state index in [-0.39, 0.29) is 4.75 Å².